The van der Waals surface area contributed by atoms with Crippen LogP contribution < -0.4 is 5.32 Å². The quantitative estimate of drug-likeness (QED) is 0.0308. The Balaban J connectivity index is 3.75. The number of rotatable bonds is 51. The molecule has 4 unspecified atom stereocenters. The SMILES string of the molecule is CCCCCCCCCCC/C=C\C/C=C\CCCCCCCCCCC(O)C(=O)NC(CO)C(O)C(O)CCC/C=C/CC/C=C/CC/C=C/CCCCCCCCCCCCCC. The minimum Gasteiger partial charge on any atom is -0.394 e. The number of aliphatic hydroxyl groups excluding tert-OH is 4. The maximum atomic E-state index is 12.6. The number of hydrogen-bond acceptors (Lipinski definition) is 5. The molecule has 0 radical (unpaired) electrons. The van der Waals surface area contributed by atoms with Gasteiger partial charge in [0.1, 0.15) is 12.2 Å². The summed E-state index contributed by atoms with van der Waals surface area (Å²) in [5.41, 5.74) is 0. The highest BCUT2D eigenvalue weighted by molar-refractivity contribution is 5.80. The largest absolute Gasteiger partial charge is 0.394 e. The Morgan fingerprint density at radius 1 is 0.385 bits per heavy atom. The van der Waals surface area contributed by atoms with Crippen molar-refractivity contribution in [3.8, 4) is 0 Å². The molecule has 0 saturated carbocycles. The molecule has 0 aliphatic carbocycles. The summed E-state index contributed by atoms with van der Waals surface area (Å²) in [6, 6.07) is -1.02. The first-order valence-electron chi connectivity index (χ1n) is 28.2. The Labute approximate surface area is 403 Å². The van der Waals surface area contributed by atoms with E-state index >= 15 is 0 Å². The zero-order valence-corrected chi connectivity index (χ0v) is 43.0. The Hall–Kier alpha value is -1.99. The van der Waals surface area contributed by atoms with Gasteiger partial charge in [-0.25, -0.2) is 0 Å². The summed E-state index contributed by atoms with van der Waals surface area (Å²) < 4.78 is 0. The van der Waals surface area contributed by atoms with Crippen LogP contribution in [0.1, 0.15) is 277 Å². The molecule has 0 aromatic heterocycles. The number of carbonyl (C=O) groups excluding carboxylic acids is 1. The molecule has 0 fully saturated rings. The molecule has 0 saturated heterocycles. The van der Waals surface area contributed by atoms with Crippen molar-refractivity contribution >= 4 is 5.91 Å². The second-order valence-corrected chi connectivity index (χ2v) is 19.3. The van der Waals surface area contributed by atoms with Crippen molar-refractivity contribution in [2.45, 2.75) is 301 Å². The van der Waals surface area contributed by atoms with Gasteiger partial charge in [0.15, 0.2) is 0 Å². The first kappa shape index (κ1) is 63.0. The lowest BCUT2D eigenvalue weighted by molar-refractivity contribution is -0.132. The number of unbranched alkanes of at least 4 members (excludes halogenated alkanes) is 32. The van der Waals surface area contributed by atoms with Gasteiger partial charge in [0, 0.05) is 0 Å². The highest BCUT2D eigenvalue weighted by Crippen LogP contribution is 2.16. The average molecular weight is 913 g/mol. The van der Waals surface area contributed by atoms with Crippen molar-refractivity contribution in [1.82, 2.24) is 5.32 Å². The van der Waals surface area contributed by atoms with E-state index in [1.165, 1.54) is 180 Å². The van der Waals surface area contributed by atoms with Gasteiger partial charge >= 0.3 is 0 Å². The molecule has 4 atom stereocenters. The molecule has 6 nitrogen and oxygen atoms in total. The number of carbonyl (C=O) groups is 1. The van der Waals surface area contributed by atoms with E-state index in [4.69, 9.17) is 0 Å². The number of aliphatic hydroxyl groups is 4. The minimum absolute atomic E-state index is 0.350. The molecule has 65 heavy (non-hydrogen) atoms. The van der Waals surface area contributed by atoms with E-state index < -0.39 is 36.9 Å². The fourth-order valence-corrected chi connectivity index (χ4v) is 8.47. The normalized spacial score (nSPS) is 14.2. The van der Waals surface area contributed by atoms with E-state index in [0.29, 0.717) is 19.3 Å². The number of nitrogens with one attached hydrogen (secondary N) is 1. The molecule has 0 bridgehead atoms. The highest BCUT2D eigenvalue weighted by Gasteiger charge is 2.28. The van der Waals surface area contributed by atoms with Gasteiger partial charge in [-0.1, -0.05) is 242 Å². The van der Waals surface area contributed by atoms with Crippen LogP contribution in [0.4, 0.5) is 0 Å². The van der Waals surface area contributed by atoms with Crippen LogP contribution in [0.2, 0.25) is 0 Å². The predicted molar refractivity (Wildman–Crippen MR) is 283 cm³/mol. The van der Waals surface area contributed by atoms with Gasteiger partial charge in [0.2, 0.25) is 5.91 Å². The Kier molecular flexibility index (Phi) is 51.3. The van der Waals surface area contributed by atoms with Crippen LogP contribution in [0.3, 0.4) is 0 Å². The summed E-state index contributed by atoms with van der Waals surface area (Å²) in [5, 5.41) is 43.9. The lowest BCUT2D eigenvalue weighted by atomic mass is 10.00. The summed E-state index contributed by atoms with van der Waals surface area (Å²) in [7, 11) is 0. The predicted octanol–water partition coefficient (Wildman–Crippen LogP) is 16.4. The monoisotopic (exact) mass is 912 g/mol. The molecule has 0 aromatic carbocycles. The van der Waals surface area contributed by atoms with E-state index in [2.05, 4.69) is 79.9 Å². The summed E-state index contributed by atoms with van der Waals surface area (Å²) in [6.45, 7) is 4.06. The zero-order chi connectivity index (χ0) is 47.4. The molecule has 6 heteroatoms. The van der Waals surface area contributed by atoms with Crippen molar-refractivity contribution in [3.63, 3.8) is 0 Å². The molecule has 1 amide bonds. The van der Waals surface area contributed by atoms with Crippen molar-refractivity contribution < 1.29 is 25.2 Å². The van der Waals surface area contributed by atoms with Gasteiger partial charge in [0.05, 0.1) is 18.8 Å². The Bertz CT molecular complexity index is 1110. The lowest BCUT2D eigenvalue weighted by Gasteiger charge is -2.27. The van der Waals surface area contributed by atoms with E-state index in [0.717, 1.165) is 64.2 Å². The van der Waals surface area contributed by atoms with E-state index in [1.807, 2.05) is 0 Å². The minimum atomic E-state index is -1.30. The molecule has 5 N–H and O–H groups in total. The summed E-state index contributed by atoms with van der Waals surface area (Å²) in [5.74, 6) is -0.604. The number of amides is 1. The van der Waals surface area contributed by atoms with Crippen LogP contribution in [-0.2, 0) is 4.79 Å². The topological polar surface area (TPSA) is 110 Å². The van der Waals surface area contributed by atoms with Crippen LogP contribution >= 0.6 is 0 Å². The van der Waals surface area contributed by atoms with Crippen molar-refractivity contribution in [2.24, 2.45) is 0 Å². The highest BCUT2D eigenvalue weighted by atomic mass is 16.3. The van der Waals surface area contributed by atoms with Crippen LogP contribution in [0.25, 0.3) is 0 Å². The van der Waals surface area contributed by atoms with Crippen molar-refractivity contribution in [3.05, 3.63) is 60.8 Å². The summed E-state index contributed by atoms with van der Waals surface area (Å²) >= 11 is 0. The van der Waals surface area contributed by atoms with Crippen LogP contribution in [-0.4, -0.2) is 57.3 Å². The van der Waals surface area contributed by atoms with Gasteiger partial charge < -0.3 is 25.7 Å². The van der Waals surface area contributed by atoms with Gasteiger partial charge in [-0.15, -0.1) is 0 Å². The van der Waals surface area contributed by atoms with Crippen molar-refractivity contribution in [1.29, 1.82) is 0 Å². The fraction of sp³-hybridized carbons (Fsp3) is 0.814. The molecular weight excluding hydrogens is 803 g/mol. The van der Waals surface area contributed by atoms with Crippen LogP contribution in [0.5, 0.6) is 0 Å². The van der Waals surface area contributed by atoms with E-state index in [9.17, 15) is 25.2 Å². The molecule has 0 aromatic rings. The molecule has 380 valence electrons. The third kappa shape index (κ3) is 46.9. The lowest BCUT2D eigenvalue weighted by Crippen LogP contribution is -2.53. The molecule has 0 heterocycles. The molecular formula is C59H109NO5. The zero-order valence-electron chi connectivity index (χ0n) is 43.0. The van der Waals surface area contributed by atoms with E-state index in [1.54, 1.807) is 0 Å². The third-order valence-electron chi connectivity index (χ3n) is 12.9. The summed E-state index contributed by atoms with van der Waals surface area (Å²) in [6.07, 6.45) is 68.5. The maximum Gasteiger partial charge on any atom is 0.249 e. The number of hydrogen-bond donors (Lipinski definition) is 5. The molecule has 0 aliphatic heterocycles. The van der Waals surface area contributed by atoms with Gasteiger partial charge in [-0.05, 0) is 96.3 Å². The fourth-order valence-electron chi connectivity index (χ4n) is 8.47. The van der Waals surface area contributed by atoms with Gasteiger partial charge in [-0.3, -0.25) is 4.79 Å². The third-order valence-corrected chi connectivity index (χ3v) is 12.9. The Morgan fingerprint density at radius 3 is 1.06 bits per heavy atom. The smallest absolute Gasteiger partial charge is 0.249 e. The molecule has 0 aliphatic rings. The maximum absolute atomic E-state index is 12.6. The van der Waals surface area contributed by atoms with Gasteiger partial charge in [-0.2, -0.15) is 0 Å². The second-order valence-electron chi connectivity index (χ2n) is 19.3. The second kappa shape index (κ2) is 53.0. The first-order chi connectivity index (χ1) is 32.0. The average Bonchev–Trinajstić information content (AvgIpc) is 3.31. The number of allylic oxidation sites excluding steroid dienone is 10. The van der Waals surface area contributed by atoms with Crippen LogP contribution in [0.15, 0.2) is 60.8 Å². The Morgan fingerprint density at radius 2 is 0.692 bits per heavy atom. The standard InChI is InChI=1S/C59H109NO5/c1-3-5-7-9-11-13-15-17-19-21-23-25-27-29-31-32-34-36-38-40-42-44-46-48-50-52-56(62)58(64)55(54-61)60-59(65)57(63)53-51-49-47-45-43-41-39-37-35-33-30-28-26-24-22-20-18-16-14-12-10-8-6-4-2/h24,26,29-31,33,36,38,44,46,55-58,61-64H,3-23,25,27-28,32,34-35,37,39-43,45,47-54H2,1-2H3,(H,60,65)/b26-24-,31-29+,33-30-,38-36+,46-44+. The van der Waals surface area contributed by atoms with Crippen LogP contribution in [0, 0.1) is 0 Å². The van der Waals surface area contributed by atoms with E-state index in [-0.39, 0.29) is 0 Å². The summed E-state index contributed by atoms with van der Waals surface area (Å²) in [4.78, 5) is 12.6. The van der Waals surface area contributed by atoms with Crippen molar-refractivity contribution in [2.75, 3.05) is 6.61 Å². The van der Waals surface area contributed by atoms with Gasteiger partial charge in [0.25, 0.3) is 0 Å². The first-order valence-corrected chi connectivity index (χ1v) is 28.2. The molecule has 0 rings (SSSR count). The molecule has 0 spiro atoms.